The first-order chi connectivity index (χ1) is 16.8. The smallest absolute Gasteiger partial charge is 0.396 e. The highest BCUT2D eigenvalue weighted by molar-refractivity contribution is 7.21. The van der Waals surface area contributed by atoms with Crippen LogP contribution >= 0.6 is 22.7 Å². The molecule has 0 spiro atoms. The second kappa shape index (κ2) is 9.71. The van der Waals surface area contributed by atoms with Crippen molar-refractivity contribution in [2.75, 3.05) is 17.2 Å². The lowest BCUT2D eigenvalue weighted by molar-refractivity contribution is -0.143. The van der Waals surface area contributed by atoms with Crippen LogP contribution in [0.15, 0.2) is 41.8 Å². The molecule has 0 saturated heterocycles. The fourth-order valence-corrected chi connectivity index (χ4v) is 6.30. The van der Waals surface area contributed by atoms with E-state index in [1.807, 2.05) is 24.3 Å². The Kier molecular flexibility index (Phi) is 6.65. The number of thiophene rings is 1. The lowest BCUT2D eigenvalue weighted by Gasteiger charge is -2.22. The molecule has 3 aromatic heterocycles. The molecule has 11 heteroatoms. The van der Waals surface area contributed by atoms with Crippen molar-refractivity contribution in [1.29, 1.82) is 0 Å². The Labute approximate surface area is 208 Å². The SMILES string of the molecule is Cc1nc(N[C@H](c2cccs2)C(F)(F)F)nc(N[C@H]2CC[C@@H](CO)C2)c1-c1nc2ccccc2s1. The first kappa shape index (κ1) is 24.0. The molecule has 0 unspecified atom stereocenters. The van der Waals surface area contributed by atoms with E-state index in [-0.39, 0.29) is 29.4 Å². The first-order valence-corrected chi connectivity index (χ1v) is 13.0. The number of nitrogens with one attached hydrogen (secondary N) is 2. The van der Waals surface area contributed by atoms with Gasteiger partial charge in [-0.3, -0.25) is 0 Å². The van der Waals surface area contributed by atoms with Crippen molar-refractivity contribution in [3.8, 4) is 10.6 Å². The lowest BCUT2D eigenvalue weighted by Crippen LogP contribution is -2.28. The summed E-state index contributed by atoms with van der Waals surface area (Å²) in [7, 11) is 0. The molecule has 184 valence electrons. The van der Waals surface area contributed by atoms with Crippen molar-refractivity contribution >= 4 is 44.7 Å². The number of halogens is 3. The highest BCUT2D eigenvalue weighted by Crippen LogP contribution is 2.40. The van der Waals surface area contributed by atoms with Gasteiger partial charge in [-0.15, -0.1) is 22.7 Å². The van der Waals surface area contributed by atoms with Crippen LogP contribution in [0.5, 0.6) is 0 Å². The number of aliphatic hydroxyl groups is 1. The summed E-state index contributed by atoms with van der Waals surface area (Å²) in [5, 5.41) is 17.8. The number of alkyl halides is 3. The molecule has 1 aromatic carbocycles. The van der Waals surface area contributed by atoms with E-state index in [4.69, 9.17) is 4.98 Å². The summed E-state index contributed by atoms with van der Waals surface area (Å²) in [5.74, 6) is 0.560. The number of rotatable bonds is 7. The van der Waals surface area contributed by atoms with E-state index in [0.717, 1.165) is 40.8 Å². The van der Waals surface area contributed by atoms with E-state index >= 15 is 0 Å². The van der Waals surface area contributed by atoms with Gasteiger partial charge in [0.2, 0.25) is 5.95 Å². The Hall–Kier alpha value is -2.76. The molecular formula is C24H24F3N5OS2. The van der Waals surface area contributed by atoms with Gasteiger partial charge in [0.1, 0.15) is 10.8 Å². The third-order valence-corrected chi connectivity index (χ3v) is 8.16. The Morgan fingerprint density at radius 1 is 1.11 bits per heavy atom. The average Bonchev–Trinajstić information content (AvgIpc) is 3.57. The molecule has 35 heavy (non-hydrogen) atoms. The molecular weight excluding hydrogens is 495 g/mol. The van der Waals surface area contributed by atoms with E-state index in [1.165, 1.54) is 17.4 Å². The normalized spacial score (nSPS) is 19.2. The van der Waals surface area contributed by atoms with E-state index in [2.05, 4.69) is 20.6 Å². The molecule has 1 fully saturated rings. The first-order valence-electron chi connectivity index (χ1n) is 11.3. The summed E-state index contributed by atoms with van der Waals surface area (Å²) in [6.07, 6.45) is -2.02. The minimum absolute atomic E-state index is 0.0538. The van der Waals surface area contributed by atoms with Crippen molar-refractivity contribution in [3.05, 3.63) is 52.3 Å². The Balaban J connectivity index is 1.55. The zero-order valence-electron chi connectivity index (χ0n) is 18.8. The van der Waals surface area contributed by atoms with Crippen LogP contribution in [-0.2, 0) is 0 Å². The van der Waals surface area contributed by atoms with E-state index in [1.54, 1.807) is 18.4 Å². The number of hydrogen-bond donors (Lipinski definition) is 3. The van der Waals surface area contributed by atoms with Crippen LogP contribution in [0, 0.1) is 12.8 Å². The summed E-state index contributed by atoms with van der Waals surface area (Å²) < 4.78 is 42.7. The van der Waals surface area contributed by atoms with Gasteiger partial charge in [-0.05, 0) is 55.7 Å². The van der Waals surface area contributed by atoms with Crippen LogP contribution in [0.3, 0.4) is 0 Å². The molecule has 3 atom stereocenters. The quantitative estimate of drug-likeness (QED) is 0.262. The number of thiazole rings is 1. The number of aryl methyl sites for hydroxylation is 1. The maximum Gasteiger partial charge on any atom is 0.413 e. The van der Waals surface area contributed by atoms with Crippen molar-refractivity contribution < 1.29 is 18.3 Å². The maximum absolute atomic E-state index is 13.9. The minimum Gasteiger partial charge on any atom is -0.396 e. The van der Waals surface area contributed by atoms with Crippen molar-refractivity contribution in [2.24, 2.45) is 5.92 Å². The Morgan fingerprint density at radius 2 is 1.94 bits per heavy atom. The van der Waals surface area contributed by atoms with Crippen LogP contribution in [0.25, 0.3) is 20.8 Å². The summed E-state index contributed by atoms with van der Waals surface area (Å²) >= 11 is 2.52. The molecule has 5 rings (SSSR count). The number of nitrogens with zero attached hydrogens (tertiary/aromatic N) is 3. The monoisotopic (exact) mass is 519 g/mol. The molecule has 1 aliphatic rings. The number of hydrogen-bond acceptors (Lipinski definition) is 8. The number of anilines is 2. The number of benzene rings is 1. The number of para-hydroxylation sites is 1. The molecule has 1 saturated carbocycles. The van der Waals surface area contributed by atoms with Crippen molar-refractivity contribution in [1.82, 2.24) is 15.0 Å². The predicted octanol–water partition coefficient (Wildman–Crippen LogP) is 6.41. The maximum atomic E-state index is 13.9. The largest absolute Gasteiger partial charge is 0.413 e. The van der Waals surface area contributed by atoms with Gasteiger partial charge >= 0.3 is 6.18 Å². The molecule has 6 nitrogen and oxygen atoms in total. The van der Waals surface area contributed by atoms with E-state index < -0.39 is 12.2 Å². The highest BCUT2D eigenvalue weighted by atomic mass is 32.1. The van der Waals surface area contributed by atoms with Gasteiger partial charge in [0, 0.05) is 17.5 Å². The zero-order chi connectivity index (χ0) is 24.6. The van der Waals surface area contributed by atoms with Gasteiger partial charge in [-0.25, -0.2) is 9.97 Å². The van der Waals surface area contributed by atoms with Gasteiger partial charge in [-0.1, -0.05) is 18.2 Å². The van der Waals surface area contributed by atoms with Gasteiger partial charge in [0.15, 0.2) is 6.04 Å². The molecule has 0 radical (unpaired) electrons. The van der Waals surface area contributed by atoms with Crippen LogP contribution in [0.1, 0.15) is 35.9 Å². The summed E-state index contributed by atoms with van der Waals surface area (Å²) in [4.78, 5) is 13.8. The van der Waals surface area contributed by atoms with E-state index in [9.17, 15) is 18.3 Å². The Bertz CT molecular complexity index is 1280. The number of aromatic nitrogens is 3. The lowest BCUT2D eigenvalue weighted by atomic mass is 10.1. The minimum atomic E-state index is -4.51. The second-order valence-corrected chi connectivity index (χ2v) is 10.7. The fraction of sp³-hybridized carbons (Fsp3) is 0.375. The van der Waals surface area contributed by atoms with Crippen LogP contribution in [-0.4, -0.2) is 38.9 Å². The topological polar surface area (TPSA) is 83.0 Å². The van der Waals surface area contributed by atoms with Crippen molar-refractivity contribution in [3.63, 3.8) is 0 Å². The summed E-state index contributed by atoms with van der Waals surface area (Å²) in [6.45, 7) is 1.88. The molecule has 0 aliphatic heterocycles. The molecule has 1 aliphatic carbocycles. The average molecular weight is 520 g/mol. The summed E-state index contributed by atoms with van der Waals surface area (Å²) in [6, 6.07) is 8.94. The second-order valence-electron chi connectivity index (χ2n) is 8.68. The predicted molar refractivity (Wildman–Crippen MR) is 134 cm³/mol. The van der Waals surface area contributed by atoms with Crippen LogP contribution in [0.2, 0.25) is 0 Å². The number of fused-ring (bicyclic) bond motifs is 1. The van der Waals surface area contributed by atoms with E-state index in [0.29, 0.717) is 22.1 Å². The van der Waals surface area contributed by atoms with Crippen molar-refractivity contribution in [2.45, 2.75) is 44.4 Å². The third-order valence-electron chi connectivity index (χ3n) is 6.17. The summed E-state index contributed by atoms with van der Waals surface area (Å²) in [5.41, 5.74) is 2.06. The Morgan fingerprint density at radius 3 is 2.63 bits per heavy atom. The molecule has 3 heterocycles. The third kappa shape index (κ3) is 5.12. The van der Waals surface area contributed by atoms with Gasteiger partial charge in [0.25, 0.3) is 0 Å². The molecule has 3 N–H and O–H groups in total. The fourth-order valence-electron chi connectivity index (χ4n) is 4.44. The molecule has 0 amide bonds. The molecule has 0 bridgehead atoms. The molecule has 4 aromatic rings. The van der Waals surface area contributed by atoms with Gasteiger partial charge < -0.3 is 15.7 Å². The van der Waals surface area contributed by atoms with Crippen LogP contribution in [0.4, 0.5) is 24.9 Å². The standard InChI is InChI=1S/C24H24F3N5OS2/c1-13-19(22-30-16-5-2-3-6-17(16)35-22)21(29-15-9-8-14(11-15)12-33)32-23(28-13)31-20(24(25,26)27)18-7-4-10-34-18/h2-7,10,14-15,20,33H,8-9,11-12H2,1H3,(H2,28,29,31,32)/t14-,15+,20-/m1/s1. The van der Waals surface area contributed by atoms with Gasteiger partial charge in [-0.2, -0.15) is 18.2 Å². The van der Waals surface area contributed by atoms with Crippen LogP contribution < -0.4 is 10.6 Å². The number of aliphatic hydroxyl groups excluding tert-OH is 1. The zero-order valence-corrected chi connectivity index (χ0v) is 20.5. The highest BCUT2D eigenvalue weighted by Gasteiger charge is 2.42. The van der Waals surface area contributed by atoms with Gasteiger partial charge in [0.05, 0.1) is 21.5 Å².